The summed E-state index contributed by atoms with van der Waals surface area (Å²) < 4.78 is 2.50. The van der Waals surface area contributed by atoms with Crippen molar-refractivity contribution < 1.29 is 0 Å². The first-order chi connectivity index (χ1) is 1.91. The van der Waals surface area contributed by atoms with Crippen LogP contribution in [-0.2, 0) is 0 Å². The second-order valence-corrected chi connectivity index (χ2v) is 1.88. The van der Waals surface area contributed by atoms with Crippen LogP contribution in [0.4, 0.5) is 0 Å². The van der Waals surface area contributed by atoms with Crippen molar-refractivity contribution in [3.63, 3.8) is 0 Å². The smallest absolute Gasteiger partial charge is 0.0511 e. The van der Waals surface area contributed by atoms with Gasteiger partial charge in [-0.15, -0.1) is 0 Å². The van der Waals surface area contributed by atoms with E-state index >= 15 is 0 Å². The molecule has 1 atom stereocenters. The van der Waals surface area contributed by atoms with E-state index in [0.717, 1.165) is 0 Å². The van der Waals surface area contributed by atoms with Gasteiger partial charge in [0.2, 0.25) is 0 Å². The molecule has 0 aromatic carbocycles. The lowest BCUT2D eigenvalue weighted by Crippen LogP contribution is -1.66. The van der Waals surface area contributed by atoms with Gasteiger partial charge in [0.05, 0.1) is 0 Å². The van der Waals surface area contributed by atoms with Crippen molar-refractivity contribution in [3.8, 4) is 0 Å². The first-order valence-corrected chi connectivity index (χ1v) is 3.40. The zero-order valence-electron chi connectivity index (χ0n) is 1.93. The molecule has 0 bridgehead atoms. The fourth-order valence-corrected chi connectivity index (χ4v) is 0. The average molecular weight is 113 g/mol. The van der Waals surface area contributed by atoms with E-state index in [2.05, 4.69) is 25.4 Å². The number of hydrogen-bond donors (Lipinski definition) is 2. The van der Waals surface area contributed by atoms with E-state index in [1.807, 2.05) is 0 Å². The summed E-state index contributed by atoms with van der Waals surface area (Å²) >= 11 is 5.00. The Balaban J connectivity index is 1.97. The molecule has 0 aliphatic rings. The molecular weight excluding hydrogens is 109 g/mol. The molecule has 0 amide bonds. The van der Waals surface area contributed by atoms with Crippen LogP contribution in [0, 0.1) is 0 Å². The molecule has 0 aliphatic carbocycles. The van der Waals surface area contributed by atoms with Gasteiger partial charge in [0.25, 0.3) is 0 Å². The lowest BCUT2D eigenvalue weighted by Gasteiger charge is -1.73. The van der Waals surface area contributed by atoms with Crippen LogP contribution >= 0.6 is 32.8 Å². The minimum Gasteiger partial charge on any atom is -0.207 e. The van der Waals surface area contributed by atoms with E-state index < -0.39 is 0 Å². The van der Waals surface area contributed by atoms with E-state index in [9.17, 15) is 0 Å². The molecule has 0 spiro atoms. The number of thiol groups is 1. The fraction of sp³-hybridized carbons (Fsp3) is 0. The Morgan fingerprint density at radius 3 is 2.25 bits per heavy atom. The number of hydrogen-bond acceptors (Lipinski definition) is 3. The molecule has 0 aromatic heterocycles. The van der Waals surface area contributed by atoms with E-state index in [0.29, 0.717) is 0 Å². The predicted molar refractivity (Wildman–Crippen MR) is 29.4 cm³/mol. The molecular formula is H4NPS2. The fourth-order valence-electron chi connectivity index (χ4n) is 0. The first-order valence-electron chi connectivity index (χ1n) is 0.663. The number of nitrogens with one attached hydrogen (secondary N) is 1. The molecule has 26 valence electrons. The molecule has 1 N–H and O–H groups in total. The second-order valence-electron chi connectivity index (χ2n) is 0.209. The standard InChI is InChI=1S/H4NPS2/c2-4-1-3/h1,3H,2H2. The Kier molecular flexibility index (Phi) is 5.20. The third-order valence-electron chi connectivity index (χ3n) is 0.0527. The van der Waals surface area contributed by atoms with Crippen LogP contribution in [0.2, 0.25) is 0 Å². The lowest BCUT2D eigenvalue weighted by atomic mass is 13.9. The van der Waals surface area contributed by atoms with E-state index in [1.54, 1.807) is 0 Å². The summed E-state index contributed by atoms with van der Waals surface area (Å²) in [5.41, 5.74) is 0. The summed E-state index contributed by atoms with van der Waals surface area (Å²) in [6, 6.07) is 0. The van der Waals surface area contributed by atoms with Crippen LogP contribution in [0.5, 0.6) is 0 Å². The molecule has 0 aliphatic heterocycles. The van der Waals surface area contributed by atoms with Gasteiger partial charge in [-0.3, -0.25) is 0 Å². The van der Waals surface area contributed by atoms with Gasteiger partial charge in [-0.2, -0.15) is 0 Å². The highest BCUT2D eigenvalue weighted by Gasteiger charge is 1.51. The molecule has 0 radical (unpaired) electrons. The van der Waals surface area contributed by atoms with Gasteiger partial charge in [-0.05, 0) is 0 Å². The summed E-state index contributed by atoms with van der Waals surface area (Å²) in [5, 5.41) is 0. The molecule has 4 heavy (non-hydrogen) atoms. The summed E-state index contributed by atoms with van der Waals surface area (Å²) in [5.74, 6) is 0. The summed E-state index contributed by atoms with van der Waals surface area (Å²) in [6.45, 7) is 0. The monoisotopic (exact) mass is 113 g/mol. The largest absolute Gasteiger partial charge is 0.207 e. The molecule has 0 fully saturated rings. The SMILES string of the molecule is PSNS. The Bertz CT molecular complexity index is 8.00. The van der Waals surface area contributed by atoms with Crippen molar-refractivity contribution in [2.24, 2.45) is 0 Å². The first kappa shape index (κ1) is 5.09. The Morgan fingerprint density at radius 2 is 2.25 bits per heavy atom. The molecule has 0 saturated heterocycles. The van der Waals surface area contributed by atoms with Crippen molar-refractivity contribution in [2.45, 2.75) is 0 Å². The molecule has 1 nitrogen and oxygen atoms in total. The van der Waals surface area contributed by atoms with Gasteiger partial charge in [0.1, 0.15) is 0 Å². The van der Waals surface area contributed by atoms with Gasteiger partial charge in [-0.25, -0.2) is 4.13 Å². The average Bonchev–Trinajstić information content (AvgIpc) is 1.37. The Labute approximate surface area is 37.6 Å². The van der Waals surface area contributed by atoms with Crippen molar-refractivity contribution in [3.05, 3.63) is 0 Å². The van der Waals surface area contributed by atoms with Gasteiger partial charge in [-0.1, -0.05) is 32.8 Å². The van der Waals surface area contributed by atoms with Crippen LogP contribution < -0.4 is 4.13 Å². The van der Waals surface area contributed by atoms with Crippen molar-refractivity contribution in [1.29, 1.82) is 0 Å². The van der Waals surface area contributed by atoms with Crippen molar-refractivity contribution in [1.82, 2.24) is 4.13 Å². The maximum Gasteiger partial charge on any atom is -0.0511 e. The topological polar surface area (TPSA) is 12.0 Å². The van der Waals surface area contributed by atoms with Gasteiger partial charge >= 0.3 is 0 Å². The third kappa shape index (κ3) is 3.09. The van der Waals surface area contributed by atoms with Crippen molar-refractivity contribution in [2.75, 3.05) is 0 Å². The van der Waals surface area contributed by atoms with Gasteiger partial charge in [0, 0.05) is 0 Å². The minimum atomic E-state index is 1.39. The highest BCUT2D eigenvalue weighted by Crippen LogP contribution is 2.02. The molecule has 0 rings (SSSR count). The molecule has 0 saturated carbocycles. The Hall–Kier alpha value is 1.09. The number of rotatable bonds is 1. The molecule has 4 heteroatoms. The molecule has 0 heterocycles. The van der Waals surface area contributed by atoms with Crippen LogP contribution in [0.15, 0.2) is 0 Å². The zero-order valence-corrected chi connectivity index (χ0v) is 4.80. The lowest BCUT2D eigenvalue weighted by molar-refractivity contribution is 1.82. The van der Waals surface area contributed by atoms with Gasteiger partial charge in [0.15, 0.2) is 0 Å². The van der Waals surface area contributed by atoms with Crippen LogP contribution in [-0.4, -0.2) is 0 Å². The van der Waals surface area contributed by atoms with Gasteiger partial charge < -0.3 is 0 Å². The molecule has 1 unspecified atom stereocenters. The zero-order chi connectivity index (χ0) is 3.41. The maximum absolute atomic E-state index is 3.61. The quantitative estimate of drug-likeness (QED) is 0.297. The summed E-state index contributed by atoms with van der Waals surface area (Å²) in [6.07, 6.45) is 0. The Morgan fingerprint density at radius 1 is 2.00 bits per heavy atom. The second kappa shape index (κ2) is 4.09. The third-order valence-corrected chi connectivity index (χ3v) is 1.42. The van der Waals surface area contributed by atoms with E-state index in [4.69, 9.17) is 0 Å². The molecule has 0 aromatic rings. The summed E-state index contributed by atoms with van der Waals surface area (Å²) in [4.78, 5) is 0. The minimum absolute atomic E-state index is 1.39. The van der Waals surface area contributed by atoms with Crippen LogP contribution in [0.25, 0.3) is 0 Å². The summed E-state index contributed by atoms with van der Waals surface area (Å²) in [7, 11) is 2.38. The maximum atomic E-state index is 3.61. The van der Waals surface area contributed by atoms with Crippen LogP contribution in [0.1, 0.15) is 0 Å². The van der Waals surface area contributed by atoms with Crippen LogP contribution in [0.3, 0.4) is 0 Å². The van der Waals surface area contributed by atoms with E-state index in [-0.39, 0.29) is 0 Å². The highest BCUT2D eigenvalue weighted by molar-refractivity contribution is 8.44. The van der Waals surface area contributed by atoms with Crippen molar-refractivity contribution >= 4 is 32.8 Å². The van der Waals surface area contributed by atoms with E-state index in [1.165, 1.54) is 11.6 Å². The normalized spacial score (nSPS) is 7.50. The highest BCUT2D eigenvalue weighted by atomic mass is 32.7. The predicted octanol–water partition coefficient (Wildman–Crippen LogP) is 0.859.